The van der Waals surface area contributed by atoms with Gasteiger partial charge in [-0.2, -0.15) is 0 Å². The Bertz CT molecular complexity index is 221. The Morgan fingerprint density at radius 1 is 1.07 bits per heavy atom. The highest BCUT2D eigenvalue weighted by Crippen LogP contribution is 2.29. The molecule has 1 heteroatoms. The lowest BCUT2D eigenvalue weighted by atomic mass is 9.79. The van der Waals surface area contributed by atoms with Gasteiger partial charge in [-0.3, -0.25) is 0 Å². The van der Waals surface area contributed by atoms with Crippen molar-refractivity contribution >= 4 is 0 Å². The maximum absolute atomic E-state index is 3.89. The summed E-state index contributed by atoms with van der Waals surface area (Å²) in [4.78, 5) is 0. The molecule has 0 aromatic heterocycles. The summed E-state index contributed by atoms with van der Waals surface area (Å²) in [6.07, 6.45) is 12.8. The van der Waals surface area contributed by atoms with Crippen LogP contribution in [0.3, 0.4) is 0 Å². The third-order valence-corrected chi connectivity index (χ3v) is 4.18. The summed E-state index contributed by atoms with van der Waals surface area (Å²) in [6, 6.07) is 1.54. The van der Waals surface area contributed by atoms with Crippen LogP contribution in [-0.4, -0.2) is 12.1 Å². The monoisotopic (exact) mass is 207 g/mol. The van der Waals surface area contributed by atoms with Gasteiger partial charge in [-0.05, 0) is 43.9 Å². The zero-order chi connectivity index (χ0) is 10.7. The number of rotatable bonds is 2. The normalized spacial score (nSPS) is 41.7. The molecule has 0 aliphatic heterocycles. The minimum absolute atomic E-state index is 0.757. The van der Waals surface area contributed by atoms with Crippen LogP contribution < -0.4 is 5.32 Å². The molecule has 0 aromatic rings. The SMILES string of the molecule is CC1CCC(C)C(NC2CC=CCC2)C1. The van der Waals surface area contributed by atoms with E-state index in [0.717, 1.165) is 23.9 Å². The van der Waals surface area contributed by atoms with Gasteiger partial charge in [0, 0.05) is 12.1 Å². The molecule has 1 N–H and O–H groups in total. The van der Waals surface area contributed by atoms with Gasteiger partial charge in [0.25, 0.3) is 0 Å². The Morgan fingerprint density at radius 2 is 1.93 bits per heavy atom. The summed E-state index contributed by atoms with van der Waals surface area (Å²) in [5, 5.41) is 3.89. The van der Waals surface area contributed by atoms with Crippen molar-refractivity contribution in [2.45, 2.75) is 64.5 Å². The standard InChI is InChI=1S/C14H25N/c1-11-8-9-12(2)14(10-11)15-13-6-4-3-5-7-13/h3-4,11-15H,5-10H2,1-2H3. The Morgan fingerprint density at radius 3 is 2.67 bits per heavy atom. The van der Waals surface area contributed by atoms with Crippen molar-refractivity contribution in [1.29, 1.82) is 0 Å². The van der Waals surface area contributed by atoms with Crippen LogP contribution in [-0.2, 0) is 0 Å². The van der Waals surface area contributed by atoms with Crippen molar-refractivity contribution in [2.75, 3.05) is 0 Å². The first-order valence-electron chi connectivity index (χ1n) is 6.66. The maximum atomic E-state index is 3.89. The van der Waals surface area contributed by atoms with Crippen molar-refractivity contribution in [1.82, 2.24) is 5.32 Å². The fourth-order valence-corrected chi connectivity index (χ4v) is 3.01. The summed E-state index contributed by atoms with van der Waals surface area (Å²) in [5.41, 5.74) is 0. The third-order valence-electron chi connectivity index (χ3n) is 4.18. The van der Waals surface area contributed by atoms with Gasteiger partial charge >= 0.3 is 0 Å². The van der Waals surface area contributed by atoms with Gasteiger partial charge in [0.2, 0.25) is 0 Å². The van der Waals surface area contributed by atoms with Crippen molar-refractivity contribution in [3.63, 3.8) is 0 Å². The molecule has 2 rings (SSSR count). The summed E-state index contributed by atoms with van der Waals surface area (Å²) in [6.45, 7) is 4.82. The molecule has 1 fully saturated rings. The van der Waals surface area contributed by atoms with Crippen molar-refractivity contribution in [3.05, 3.63) is 12.2 Å². The van der Waals surface area contributed by atoms with E-state index in [2.05, 4.69) is 31.3 Å². The topological polar surface area (TPSA) is 12.0 Å². The fraction of sp³-hybridized carbons (Fsp3) is 0.857. The van der Waals surface area contributed by atoms with E-state index in [1.165, 1.54) is 38.5 Å². The molecule has 4 atom stereocenters. The number of nitrogens with one attached hydrogen (secondary N) is 1. The zero-order valence-corrected chi connectivity index (χ0v) is 10.2. The van der Waals surface area contributed by atoms with Crippen LogP contribution in [0.25, 0.3) is 0 Å². The van der Waals surface area contributed by atoms with E-state index in [-0.39, 0.29) is 0 Å². The lowest BCUT2D eigenvalue weighted by Gasteiger charge is -2.36. The van der Waals surface area contributed by atoms with E-state index in [1.54, 1.807) is 0 Å². The first kappa shape index (κ1) is 11.2. The Hall–Kier alpha value is -0.300. The van der Waals surface area contributed by atoms with E-state index in [9.17, 15) is 0 Å². The molecule has 86 valence electrons. The van der Waals surface area contributed by atoms with E-state index in [0.29, 0.717) is 0 Å². The van der Waals surface area contributed by atoms with Crippen molar-refractivity contribution in [3.8, 4) is 0 Å². The second-order valence-electron chi connectivity index (χ2n) is 5.65. The van der Waals surface area contributed by atoms with E-state index in [1.807, 2.05) is 0 Å². The van der Waals surface area contributed by atoms with Gasteiger partial charge in [-0.25, -0.2) is 0 Å². The minimum atomic E-state index is 0.757. The molecular formula is C14H25N. The molecule has 0 spiro atoms. The number of hydrogen-bond donors (Lipinski definition) is 1. The minimum Gasteiger partial charge on any atom is -0.311 e. The smallest absolute Gasteiger partial charge is 0.0107 e. The van der Waals surface area contributed by atoms with Crippen molar-refractivity contribution < 1.29 is 0 Å². The van der Waals surface area contributed by atoms with Crippen molar-refractivity contribution in [2.24, 2.45) is 11.8 Å². The average molecular weight is 207 g/mol. The van der Waals surface area contributed by atoms with Gasteiger partial charge in [-0.1, -0.05) is 32.4 Å². The molecule has 0 saturated heterocycles. The highest BCUT2D eigenvalue weighted by Gasteiger charge is 2.27. The molecule has 2 aliphatic rings. The molecule has 0 amide bonds. The third kappa shape index (κ3) is 3.07. The van der Waals surface area contributed by atoms with Crippen LogP contribution in [0, 0.1) is 11.8 Å². The van der Waals surface area contributed by atoms with Crippen LogP contribution in [0.1, 0.15) is 52.4 Å². The Balaban J connectivity index is 1.83. The van der Waals surface area contributed by atoms with Crippen LogP contribution in [0.5, 0.6) is 0 Å². The predicted molar refractivity (Wildman–Crippen MR) is 65.9 cm³/mol. The largest absolute Gasteiger partial charge is 0.311 e. The summed E-state index contributed by atoms with van der Waals surface area (Å²) >= 11 is 0. The average Bonchev–Trinajstić information content (AvgIpc) is 2.25. The Kier molecular flexibility index (Phi) is 3.85. The fourth-order valence-electron chi connectivity index (χ4n) is 3.01. The summed E-state index contributed by atoms with van der Waals surface area (Å²) in [7, 11) is 0. The molecule has 1 saturated carbocycles. The maximum Gasteiger partial charge on any atom is 0.0107 e. The second kappa shape index (κ2) is 5.16. The first-order chi connectivity index (χ1) is 7.25. The lowest BCUT2D eigenvalue weighted by molar-refractivity contribution is 0.209. The summed E-state index contributed by atoms with van der Waals surface area (Å²) in [5.74, 6) is 1.81. The van der Waals surface area contributed by atoms with Crippen LogP contribution >= 0.6 is 0 Å². The first-order valence-corrected chi connectivity index (χ1v) is 6.66. The molecule has 0 aromatic carbocycles. The molecule has 1 nitrogen and oxygen atoms in total. The molecule has 15 heavy (non-hydrogen) atoms. The summed E-state index contributed by atoms with van der Waals surface area (Å²) < 4.78 is 0. The molecule has 0 heterocycles. The second-order valence-corrected chi connectivity index (χ2v) is 5.65. The highest BCUT2D eigenvalue weighted by molar-refractivity contribution is 4.95. The van der Waals surface area contributed by atoms with Gasteiger partial charge in [0.05, 0.1) is 0 Å². The van der Waals surface area contributed by atoms with Gasteiger partial charge in [0.15, 0.2) is 0 Å². The van der Waals surface area contributed by atoms with E-state index >= 15 is 0 Å². The van der Waals surface area contributed by atoms with Gasteiger partial charge in [0.1, 0.15) is 0 Å². The van der Waals surface area contributed by atoms with Crippen LogP contribution in [0.15, 0.2) is 12.2 Å². The lowest BCUT2D eigenvalue weighted by Crippen LogP contribution is -2.45. The zero-order valence-electron chi connectivity index (χ0n) is 10.2. The van der Waals surface area contributed by atoms with Crippen LogP contribution in [0.2, 0.25) is 0 Å². The number of hydrogen-bond acceptors (Lipinski definition) is 1. The van der Waals surface area contributed by atoms with Crippen LogP contribution in [0.4, 0.5) is 0 Å². The molecule has 0 radical (unpaired) electrons. The quantitative estimate of drug-likeness (QED) is 0.683. The Labute approximate surface area is 94.3 Å². The predicted octanol–water partition coefficient (Wildman–Crippen LogP) is 3.51. The molecule has 2 aliphatic carbocycles. The van der Waals surface area contributed by atoms with Gasteiger partial charge < -0.3 is 5.32 Å². The molecule has 4 unspecified atom stereocenters. The molecular weight excluding hydrogens is 182 g/mol. The van der Waals surface area contributed by atoms with E-state index in [4.69, 9.17) is 0 Å². The van der Waals surface area contributed by atoms with E-state index < -0.39 is 0 Å². The molecule has 0 bridgehead atoms. The number of allylic oxidation sites excluding steroid dienone is 1. The highest BCUT2D eigenvalue weighted by atomic mass is 15.0. The van der Waals surface area contributed by atoms with Gasteiger partial charge in [-0.15, -0.1) is 0 Å².